The first-order valence-corrected chi connectivity index (χ1v) is 7.91. The van der Waals surface area contributed by atoms with Crippen LogP contribution < -0.4 is 10.5 Å². The maximum atomic E-state index is 12.0. The summed E-state index contributed by atoms with van der Waals surface area (Å²) >= 11 is 6.45. The molecule has 7 heteroatoms. The Kier molecular flexibility index (Phi) is 5.57. The van der Waals surface area contributed by atoms with Gasteiger partial charge in [0.15, 0.2) is 0 Å². The van der Waals surface area contributed by atoms with Crippen LogP contribution in [0.25, 0.3) is 6.08 Å². The highest BCUT2D eigenvalue weighted by atomic mass is 32.2. The highest BCUT2D eigenvalue weighted by molar-refractivity contribution is 8.19. The Morgan fingerprint density at radius 2 is 2.09 bits per heavy atom. The molecule has 2 rings (SSSR count). The molecule has 22 heavy (non-hydrogen) atoms. The molecule has 0 aromatic heterocycles. The standard InChI is InChI=1S/C15H16N2O3S2/c1-20-11-6-4-10(5-7-11)9-12-14(21)17(15(19)22-12)8-2-3-13(16)18/h4-7,9H,2-3,8H2,1H3,(H2,16,18). The molecule has 1 aromatic rings. The second-order valence-corrected chi connectivity index (χ2v) is 6.06. The zero-order valence-corrected chi connectivity index (χ0v) is 13.7. The molecule has 5 nitrogen and oxygen atoms in total. The number of ether oxygens (including phenoxy) is 1. The summed E-state index contributed by atoms with van der Waals surface area (Å²) in [5, 5.41) is -0.116. The molecule has 1 saturated heterocycles. The Morgan fingerprint density at radius 3 is 2.68 bits per heavy atom. The largest absolute Gasteiger partial charge is 0.497 e. The lowest BCUT2D eigenvalue weighted by Crippen LogP contribution is -2.28. The molecule has 0 radical (unpaired) electrons. The normalized spacial score (nSPS) is 16.4. The quantitative estimate of drug-likeness (QED) is 0.639. The van der Waals surface area contributed by atoms with E-state index in [-0.39, 0.29) is 17.6 Å². The van der Waals surface area contributed by atoms with Gasteiger partial charge in [0.2, 0.25) is 5.91 Å². The molecule has 1 fully saturated rings. The molecule has 0 saturated carbocycles. The molecular formula is C15H16N2O3S2. The number of nitrogens with two attached hydrogens (primary N) is 1. The monoisotopic (exact) mass is 336 g/mol. The molecule has 1 aromatic carbocycles. The van der Waals surface area contributed by atoms with Crippen molar-refractivity contribution in [1.82, 2.24) is 4.90 Å². The third-order valence-corrected chi connectivity index (χ3v) is 4.59. The van der Waals surface area contributed by atoms with E-state index in [1.54, 1.807) is 7.11 Å². The van der Waals surface area contributed by atoms with E-state index in [2.05, 4.69) is 0 Å². The van der Waals surface area contributed by atoms with Crippen LogP contribution in [0.3, 0.4) is 0 Å². The third kappa shape index (κ3) is 4.08. The fourth-order valence-corrected chi connectivity index (χ4v) is 3.25. The Labute approximate surface area is 138 Å². The van der Waals surface area contributed by atoms with Gasteiger partial charge in [-0.05, 0) is 42.0 Å². The van der Waals surface area contributed by atoms with Crippen LogP contribution in [-0.4, -0.2) is 34.7 Å². The average Bonchev–Trinajstić information content (AvgIpc) is 2.75. The Bertz CT molecular complexity index is 626. The number of methoxy groups -OCH3 is 1. The predicted molar refractivity (Wildman–Crippen MR) is 91.7 cm³/mol. The first kappa shape index (κ1) is 16.5. The Balaban J connectivity index is 2.06. The van der Waals surface area contributed by atoms with Crippen molar-refractivity contribution in [3.63, 3.8) is 0 Å². The van der Waals surface area contributed by atoms with Crippen LogP contribution in [0.1, 0.15) is 18.4 Å². The van der Waals surface area contributed by atoms with Crippen LogP contribution in [-0.2, 0) is 4.79 Å². The van der Waals surface area contributed by atoms with Crippen LogP contribution in [0.15, 0.2) is 29.2 Å². The highest BCUT2D eigenvalue weighted by Gasteiger charge is 2.31. The lowest BCUT2D eigenvalue weighted by molar-refractivity contribution is -0.118. The first-order chi connectivity index (χ1) is 10.5. The number of benzene rings is 1. The van der Waals surface area contributed by atoms with Crippen molar-refractivity contribution < 1.29 is 14.3 Å². The lowest BCUT2D eigenvalue weighted by atomic mass is 10.2. The maximum Gasteiger partial charge on any atom is 0.291 e. The number of hydrogen-bond donors (Lipinski definition) is 1. The van der Waals surface area contributed by atoms with Gasteiger partial charge in [-0.3, -0.25) is 14.5 Å². The zero-order chi connectivity index (χ0) is 16.1. The molecule has 1 aliphatic rings. The third-order valence-electron chi connectivity index (χ3n) is 3.09. The van der Waals surface area contributed by atoms with Crippen molar-refractivity contribution in [2.24, 2.45) is 5.73 Å². The molecule has 0 unspecified atom stereocenters. The molecule has 1 aliphatic heterocycles. The summed E-state index contributed by atoms with van der Waals surface area (Å²) in [6, 6.07) is 7.49. The van der Waals surface area contributed by atoms with Crippen molar-refractivity contribution in [3.05, 3.63) is 34.7 Å². The van der Waals surface area contributed by atoms with Crippen molar-refractivity contribution in [3.8, 4) is 5.75 Å². The summed E-state index contributed by atoms with van der Waals surface area (Å²) in [7, 11) is 1.61. The van der Waals surface area contributed by atoms with E-state index in [1.807, 2.05) is 30.3 Å². The summed E-state index contributed by atoms with van der Waals surface area (Å²) in [5.41, 5.74) is 6.04. The highest BCUT2D eigenvalue weighted by Crippen LogP contribution is 2.33. The number of thiocarbonyl (C=S) groups is 1. The van der Waals surface area contributed by atoms with Gasteiger partial charge in [-0.25, -0.2) is 0 Å². The van der Waals surface area contributed by atoms with Crippen LogP contribution in [0.2, 0.25) is 0 Å². The Hall–Kier alpha value is -1.86. The molecule has 0 aliphatic carbocycles. The number of carbonyl (C=O) groups excluding carboxylic acids is 2. The molecule has 2 amide bonds. The van der Waals surface area contributed by atoms with E-state index in [9.17, 15) is 9.59 Å². The first-order valence-electron chi connectivity index (χ1n) is 6.69. The van der Waals surface area contributed by atoms with Crippen molar-refractivity contribution in [1.29, 1.82) is 0 Å². The number of hydrogen-bond acceptors (Lipinski definition) is 5. The maximum absolute atomic E-state index is 12.0. The van der Waals surface area contributed by atoms with Crippen LogP contribution in [0.4, 0.5) is 4.79 Å². The van der Waals surface area contributed by atoms with Gasteiger partial charge in [0.1, 0.15) is 10.7 Å². The van der Waals surface area contributed by atoms with E-state index in [4.69, 9.17) is 22.7 Å². The SMILES string of the molecule is COc1ccc(C=C2SC(=O)N(CCCC(N)=O)C2=S)cc1. The van der Waals surface area contributed by atoms with Gasteiger partial charge in [-0.1, -0.05) is 24.4 Å². The fraction of sp³-hybridized carbons (Fsp3) is 0.267. The molecule has 0 spiro atoms. The van der Waals surface area contributed by atoms with Gasteiger partial charge in [-0.2, -0.15) is 0 Å². The van der Waals surface area contributed by atoms with Crippen molar-refractivity contribution in [2.75, 3.05) is 13.7 Å². The van der Waals surface area contributed by atoms with E-state index >= 15 is 0 Å². The van der Waals surface area contributed by atoms with E-state index in [1.165, 1.54) is 4.90 Å². The van der Waals surface area contributed by atoms with Crippen molar-refractivity contribution >= 4 is 46.2 Å². The van der Waals surface area contributed by atoms with Gasteiger partial charge < -0.3 is 10.5 Å². The molecular weight excluding hydrogens is 320 g/mol. The second kappa shape index (κ2) is 7.42. The number of carbonyl (C=O) groups is 2. The van der Waals surface area contributed by atoms with Crippen LogP contribution >= 0.6 is 24.0 Å². The summed E-state index contributed by atoms with van der Waals surface area (Å²) in [6.07, 6.45) is 2.63. The number of thioether (sulfide) groups is 1. The zero-order valence-electron chi connectivity index (χ0n) is 12.1. The number of amides is 2. The van der Waals surface area contributed by atoms with Gasteiger partial charge in [0.25, 0.3) is 5.24 Å². The summed E-state index contributed by atoms with van der Waals surface area (Å²) in [5.74, 6) is 0.396. The molecule has 1 heterocycles. The van der Waals surface area contributed by atoms with E-state index in [0.717, 1.165) is 28.0 Å². The van der Waals surface area contributed by atoms with Crippen molar-refractivity contribution in [2.45, 2.75) is 12.8 Å². The topological polar surface area (TPSA) is 72.6 Å². The predicted octanol–water partition coefficient (Wildman–Crippen LogP) is 2.80. The van der Waals surface area contributed by atoms with Crippen LogP contribution in [0.5, 0.6) is 5.75 Å². The van der Waals surface area contributed by atoms with Gasteiger partial charge >= 0.3 is 0 Å². The fourth-order valence-electron chi connectivity index (χ4n) is 1.96. The molecule has 116 valence electrons. The second-order valence-electron chi connectivity index (χ2n) is 4.68. The van der Waals surface area contributed by atoms with Gasteiger partial charge in [0.05, 0.1) is 12.0 Å². The van der Waals surface area contributed by atoms with Crippen LogP contribution in [0, 0.1) is 0 Å². The Morgan fingerprint density at radius 1 is 1.41 bits per heavy atom. The number of nitrogens with zero attached hydrogens (tertiary/aromatic N) is 1. The van der Waals surface area contributed by atoms with Gasteiger partial charge in [0, 0.05) is 13.0 Å². The minimum absolute atomic E-state index is 0.116. The summed E-state index contributed by atoms with van der Waals surface area (Å²) in [4.78, 5) is 25.5. The van der Waals surface area contributed by atoms with E-state index in [0.29, 0.717) is 18.0 Å². The number of primary amides is 1. The molecule has 2 N–H and O–H groups in total. The molecule has 0 atom stereocenters. The number of rotatable bonds is 6. The summed E-state index contributed by atoms with van der Waals surface area (Å²) in [6.45, 7) is 0.410. The minimum atomic E-state index is -0.376. The minimum Gasteiger partial charge on any atom is -0.497 e. The van der Waals surface area contributed by atoms with Gasteiger partial charge in [-0.15, -0.1) is 0 Å². The molecule has 0 bridgehead atoms. The average molecular weight is 336 g/mol. The lowest BCUT2D eigenvalue weighted by Gasteiger charge is -2.13. The summed E-state index contributed by atoms with van der Waals surface area (Å²) < 4.78 is 5.11. The smallest absolute Gasteiger partial charge is 0.291 e. The van der Waals surface area contributed by atoms with E-state index < -0.39 is 0 Å².